The first kappa shape index (κ1) is 18.1. The highest BCUT2D eigenvalue weighted by atomic mass is 35.5. The van der Waals surface area contributed by atoms with Gasteiger partial charge in [-0.05, 0) is 36.8 Å². The Morgan fingerprint density at radius 1 is 1.18 bits per heavy atom. The maximum atomic E-state index is 12.9. The lowest BCUT2D eigenvalue weighted by Crippen LogP contribution is -2.31. The summed E-state index contributed by atoms with van der Waals surface area (Å²) in [5.41, 5.74) is 6.77. The normalized spacial score (nSPS) is 15.9. The fourth-order valence-corrected chi connectivity index (χ4v) is 3.49. The van der Waals surface area contributed by atoms with Gasteiger partial charge in [0.15, 0.2) is 5.75 Å². The van der Waals surface area contributed by atoms with Crippen molar-refractivity contribution in [2.75, 3.05) is 6.61 Å². The fourth-order valence-electron chi connectivity index (χ4n) is 3.36. The Morgan fingerprint density at radius 3 is 2.61 bits per heavy atom. The van der Waals surface area contributed by atoms with Crippen molar-refractivity contribution in [1.29, 1.82) is 0 Å². The van der Waals surface area contributed by atoms with Crippen molar-refractivity contribution in [2.45, 2.75) is 12.8 Å². The Kier molecular flexibility index (Phi) is 4.57. The maximum Gasteiger partial charge on any atom is 0.344 e. The van der Waals surface area contributed by atoms with Gasteiger partial charge in [0, 0.05) is 5.02 Å². The van der Waals surface area contributed by atoms with Crippen molar-refractivity contribution in [3.8, 4) is 5.75 Å². The van der Waals surface area contributed by atoms with Crippen LogP contribution in [0.25, 0.3) is 11.0 Å². The van der Waals surface area contributed by atoms with Crippen molar-refractivity contribution >= 4 is 28.5 Å². The minimum absolute atomic E-state index is 0.0549. The van der Waals surface area contributed by atoms with E-state index in [0.717, 1.165) is 0 Å². The van der Waals surface area contributed by atoms with E-state index in [1.165, 1.54) is 0 Å². The first-order valence-corrected chi connectivity index (χ1v) is 9.05. The minimum Gasteiger partial charge on any atom is -0.462 e. The van der Waals surface area contributed by atoms with E-state index >= 15 is 0 Å². The lowest BCUT2D eigenvalue weighted by molar-refractivity contribution is -0.139. The van der Waals surface area contributed by atoms with Crippen LogP contribution in [0, 0.1) is 0 Å². The zero-order chi connectivity index (χ0) is 19.8. The van der Waals surface area contributed by atoms with Crippen LogP contribution in [-0.4, -0.2) is 12.6 Å². The van der Waals surface area contributed by atoms with Crippen LogP contribution in [0.4, 0.5) is 0 Å². The molecule has 1 aliphatic rings. The maximum absolute atomic E-state index is 12.9. The van der Waals surface area contributed by atoms with Crippen molar-refractivity contribution in [2.24, 2.45) is 5.73 Å². The third kappa shape index (κ3) is 2.92. The molecule has 1 aliphatic heterocycles. The zero-order valence-corrected chi connectivity index (χ0v) is 15.7. The second-order valence-electron chi connectivity index (χ2n) is 6.21. The number of nitrogens with two attached hydrogens (primary N) is 1. The fraction of sp³-hybridized carbons (Fsp3) is 0.143. The van der Waals surface area contributed by atoms with Crippen molar-refractivity contribution < 1.29 is 18.7 Å². The second kappa shape index (κ2) is 7.05. The number of carbonyl (C=O) groups is 1. The standard InChI is InChI=1S/C21H16ClNO5/c1-2-26-20(24)17-15(11-7-9-12(22)10-8-11)16-18(28-19(17)23)13-5-3-4-6-14(13)27-21(16)25/h3-10,15H,2,23H2,1H3/t15-/m1/s1. The molecule has 2 heterocycles. The molecular weight excluding hydrogens is 382 g/mol. The zero-order valence-electron chi connectivity index (χ0n) is 14.9. The molecular formula is C21H16ClNO5. The quantitative estimate of drug-likeness (QED) is 0.535. The van der Waals surface area contributed by atoms with E-state index in [4.69, 9.17) is 31.2 Å². The summed E-state index contributed by atoms with van der Waals surface area (Å²) < 4.78 is 16.4. The summed E-state index contributed by atoms with van der Waals surface area (Å²) in [6.45, 7) is 1.84. The molecule has 0 unspecified atom stereocenters. The summed E-state index contributed by atoms with van der Waals surface area (Å²) in [7, 11) is 0. The highest BCUT2D eigenvalue weighted by Gasteiger charge is 2.39. The predicted octanol–water partition coefficient (Wildman–Crippen LogP) is 3.70. The predicted molar refractivity (Wildman–Crippen MR) is 104 cm³/mol. The number of hydrogen-bond donors (Lipinski definition) is 1. The van der Waals surface area contributed by atoms with Gasteiger partial charge in [-0.25, -0.2) is 9.59 Å². The summed E-state index contributed by atoms with van der Waals surface area (Å²) in [6, 6.07) is 13.8. The van der Waals surface area contributed by atoms with E-state index < -0.39 is 17.5 Å². The molecule has 3 aromatic rings. The van der Waals surface area contributed by atoms with Gasteiger partial charge in [-0.15, -0.1) is 0 Å². The van der Waals surface area contributed by atoms with Gasteiger partial charge in [0.05, 0.1) is 23.5 Å². The van der Waals surface area contributed by atoms with Crippen LogP contribution in [0.3, 0.4) is 0 Å². The lowest BCUT2D eigenvalue weighted by atomic mass is 9.83. The summed E-state index contributed by atoms with van der Waals surface area (Å²) in [6.07, 6.45) is 0. The summed E-state index contributed by atoms with van der Waals surface area (Å²) in [5, 5.41) is 1.11. The van der Waals surface area contributed by atoms with Crippen molar-refractivity contribution in [1.82, 2.24) is 0 Å². The molecule has 0 bridgehead atoms. The third-order valence-electron chi connectivity index (χ3n) is 4.55. The number of para-hydroxylation sites is 1. The molecule has 7 heteroatoms. The summed E-state index contributed by atoms with van der Waals surface area (Å²) in [4.78, 5) is 25.5. The highest BCUT2D eigenvalue weighted by Crippen LogP contribution is 2.44. The average Bonchev–Trinajstić information content (AvgIpc) is 2.68. The molecule has 2 N–H and O–H groups in total. The molecule has 0 radical (unpaired) electrons. The Labute approximate surface area is 165 Å². The van der Waals surface area contributed by atoms with Crippen LogP contribution in [0.1, 0.15) is 24.0 Å². The number of ether oxygens (including phenoxy) is 2. The number of hydrogen-bond acceptors (Lipinski definition) is 6. The van der Waals surface area contributed by atoms with E-state index in [-0.39, 0.29) is 29.4 Å². The van der Waals surface area contributed by atoms with E-state index in [9.17, 15) is 9.59 Å². The number of esters is 1. The number of benzene rings is 2. The monoisotopic (exact) mass is 397 g/mol. The molecule has 0 saturated heterocycles. The van der Waals surface area contributed by atoms with Crippen molar-refractivity contribution in [3.05, 3.63) is 86.6 Å². The number of carbonyl (C=O) groups excluding carboxylic acids is 1. The smallest absolute Gasteiger partial charge is 0.344 e. The molecule has 0 fully saturated rings. The molecule has 142 valence electrons. The first-order chi connectivity index (χ1) is 13.5. The number of halogens is 1. The number of fused-ring (bicyclic) bond motifs is 3. The van der Waals surface area contributed by atoms with Crippen LogP contribution in [0.15, 0.2) is 69.2 Å². The Bertz CT molecular complexity index is 1160. The largest absolute Gasteiger partial charge is 0.462 e. The Morgan fingerprint density at radius 2 is 1.89 bits per heavy atom. The second-order valence-corrected chi connectivity index (χ2v) is 6.65. The third-order valence-corrected chi connectivity index (χ3v) is 4.80. The van der Waals surface area contributed by atoms with E-state index in [1.54, 1.807) is 55.5 Å². The van der Waals surface area contributed by atoms with Crippen LogP contribution in [0.2, 0.25) is 5.02 Å². The highest BCUT2D eigenvalue weighted by molar-refractivity contribution is 6.30. The molecule has 0 amide bonds. The topological polar surface area (TPSA) is 91.8 Å². The molecule has 2 aromatic carbocycles. The molecule has 0 spiro atoms. The van der Waals surface area contributed by atoms with Gasteiger partial charge in [0.25, 0.3) is 0 Å². The molecule has 1 atom stereocenters. The molecule has 1 aromatic heterocycles. The summed E-state index contributed by atoms with van der Waals surface area (Å²) >= 11 is 6.00. The molecule has 0 aliphatic carbocycles. The van der Waals surface area contributed by atoms with Gasteiger partial charge in [-0.1, -0.05) is 35.9 Å². The van der Waals surface area contributed by atoms with Crippen LogP contribution < -0.4 is 16.1 Å². The van der Waals surface area contributed by atoms with Crippen molar-refractivity contribution in [3.63, 3.8) is 0 Å². The SMILES string of the molecule is CCOC(=O)C1=C(N)Oc2c(c(=O)oc3ccccc23)[C@H]1c1ccc(Cl)cc1. The van der Waals surface area contributed by atoms with Gasteiger partial charge in [0.2, 0.25) is 5.88 Å². The number of rotatable bonds is 3. The van der Waals surface area contributed by atoms with Crippen LogP contribution in [0.5, 0.6) is 5.75 Å². The lowest BCUT2D eigenvalue weighted by Gasteiger charge is -2.28. The van der Waals surface area contributed by atoms with Gasteiger partial charge in [0.1, 0.15) is 11.2 Å². The van der Waals surface area contributed by atoms with Gasteiger partial charge >= 0.3 is 11.6 Å². The van der Waals surface area contributed by atoms with Crippen LogP contribution >= 0.6 is 11.6 Å². The van der Waals surface area contributed by atoms with Gasteiger partial charge < -0.3 is 19.6 Å². The molecule has 4 rings (SSSR count). The van der Waals surface area contributed by atoms with E-state index in [0.29, 0.717) is 21.6 Å². The van der Waals surface area contributed by atoms with E-state index in [2.05, 4.69) is 0 Å². The average molecular weight is 398 g/mol. The summed E-state index contributed by atoms with van der Waals surface area (Å²) in [5.74, 6) is -1.29. The van der Waals surface area contributed by atoms with Gasteiger partial charge in [-0.2, -0.15) is 0 Å². The molecule has 28 heavy (non-hydrogen) atoms. The Balaban J connectivity index is 2.03. The molecule has 0 saturated carbocycles. The van der Waals surface area contributed by atoms with E-state index in [1.807, 2.05) is 0 Å². The Hall–Kier alpha value is -3.25. The van der Waals surface area contributed by atoms with Gasteiger partial charge in [-0.3, -0.25) is 0 Å². The molecule has 6 nitrogen and oxygen atoms in total. The first-order valence-electron chi connectivity index (χ1n) is 8.67. The van der Waals surface area contributed by atoms with Crippen LogP contribution in [-0.2, 0) is 9.53 Å². The minimum atomic E-state index is -0.805.